The van der Waals surface area contributed by atoms with Gasteiger partial charge in [0.15, 0.2) is 0 Å². The van der Waals surface area contributed by atoms with Gasteiger partial charge in [-0.1, -0.05) is 23.2 Å². The molecule has 0 spiro atoms. The lowest BCUT2D eigenvalue weighted by Crippen LogP contribution is -2.48. The van der Waals surface area contributed by atoms with E-state index in [1.165, 1.54) is 34.6 Å². The van der Waals surface area contributed by atoms with Gasteiger partial charge in [0.1, 0.15) is 11.6 Å². The zero-order valence-electron chi connectivity index (χ0n) is 12.9. The number of rotatable bonds is 3. The van der Waals surface area contributed by atoms with E-state index in [9.17, 15) is 17.2 Å². The molecule has 0 atom stereocenters. The van der Waals surface area contributed by atoms with Gasteiger partial charge in [-0.15, -0.1) is 0 Å². The summed E-state index contributed by atoms with van der Waals surface area (Å²) in [6, 6.07) is 7.48. The molecule has 0 aromatic heterocycles. The summed E-state index contributed by atoms with van der Waals surface area (Å²) < 4.78 is 53.6. The Morgan fingerprint density at radius 2 is 1.48 bits per heavy atom. The zero-order valence-corrected chi connectivity index (χ0v) is 15.3. The molecule has 0 N–H and O–H groups in total. The van der Waals surface area contributed by atoms with Gasteiger partial charge in [0, 0.05) is 42.3 Å². The second-order valence-electron chi connectivity index (χ2n) is 5.59. The van der Waals surface area contributed by atoms with Crippen LogP contribution < -0.4 is 4.90 Å². The third-order valence-electron chi connectivity index (χ3n) is 3.96. The van der Waals surface area contributed by atoms with Crippen molar-refractivity contribution in [3.05, 3.63) is 58.1 Å². The van der Waals surface area contributed by atoms with Crippen LogP contribution in [0.25, 0.3) is 0 Å². The Kier molecular flexibility index (Phi) is 5.20. The van der Waals surface area contributed by atoms with E-state index in [2.05, 4.69) is 0 Å². The third-order valence-corrected chi connectivity index (χ3v) is 6.28. The van der Waals surface area contributed by atoms with Crippen LogP contribution in [0, 0.1) is 11.6 Å². The SMILES string of the molecule is O=S(=O)(c1cc(Cl)cc(Cl)c1)N1CCN(c2ccc(F)cc2F)CC1. The maximum Gasteiger partial charge on any atom is 0.243 e. The average Bonchev–Trinajstić information content (AvgIpc) is 2.54. The van der Waals surface area contributed by atoms with Crippen LogP contribution in [0.4, 0.5) is 14.5 Å². The lowest BCUT2D eigenvalue weighted by Gasteiger charge is -2.35. The van der Waals surface area contributed by atoms with Crippen LogP contribution in [0.1, 0.15) is 0 Å². The van der Waals surface area contributed by atoms with E-state index < -0.39 is 21.7 Å². The lowest BCUT2D eigenvalue weighted by molar-refractivity contribution is 0.383. The van der Waals surface area contributed by atoms with Crippen molar-refractivity contribution >= 4 is 38.9 Å². The van der Waals surface area contributed by atoms with Gasteiger partial charge in [-0.25, -0.2) is 17.2 Å². The van der Waals surface area contributed by atoms with Crippen LogP contribution in [0.15, 0.2) is 41.3 Å². The molecule has 25 heavy (non-hydrogen) atoms. The zero-order chi connectivity index (χ0) is 18.2. The van der Waals surface area contributed by atoms with E-state index in [0.717, 1.165) is 6.07 Å². The first-order chi connectivity index (χ1) is 11.8. The number of halogens is 4. The van der Waals surface area contributed by atoms with Crippen molar-refractivity contribution in [2.24, 2.45) is 0 Å². The van der Waals surface area contributed by atoms with Crippen molar-refractivity contribution in [3.63, 3.8) is 0 Å². The molecule has 4 nitrogen and oxygen atoms in total. The topological polar surface area (TPSA) is 40.6 Å². The predicted molar refractivity (Wildman–Crippen MR) is 93.8 cm³/mol. The van der Waals surface area contributed by atoms with Crippen molar-refractivity contribution in [2.45, 2.75) is 4.90 Å². The number of piperazine rings is 1. The average molecular weight is 407 g/mol. The van der Waals surface area contributed by atoms with Gasteiger partial charge >= 0.3 is 0 Å². The number of benzene rings is 2. The Balaban J connectivity index is 1.77. The molecule has 0 unspecified atom stereocenters. The summed E-state index contributed by atoms with van der Waals surface area (Å²) in [5.74, 6) is -1.32. The van der Waals surface area contributed by atoms with Crippen LogP contribution in [-0.2, 0) is 10.0 Å². The highest BCUT2D eigenvalue weighted by Crippen LogP contribution is 2.27. The summed E-state index contributed by atoms with van der Waals surface area (Å²) >= 11 is 11.8. The molecule has 1 heterocycles. The molecule has 1 saturated heterocycles. The Labute approximate surface area is 154 Å². The van der Waals surface area contributed by atoms with Crippen molar-refractivity contribution in [3.8, 4) is 0 Å². The highest BCUT2D eigenvalue weighted by atomic mass is 35.5. The van der Waals surface area contributed by atoms with Crippen LogP contribution in [-0.4, -0.2) is 38.9 Å². The van der Waals surface area contributed by atoms with Gasteiger partial charge in [0.05, 0.1) is 10.6 Å². The monoisotopic (exact) mass is 406 g/mol. The highest BCUT2D eigenvalue weighted by Gasteiger charge is 2.29. The molecule has 1 aliphatic heterocycles. The summed E-state index contributed by atoms with van der Waals surface area (Å²) in [6.45, 7) is 0.915. The number of anilines is 1. The highest BCUT2D eigenvalue weighted by molar-refractivity contribution is 7.89. The molecule has 3 rings (SSSR count). The Morgan fingerprint density at radius 3 is 2.04 bits per heavy atom. The largest absolute Gasteiger partial charge is 0.367 e. The second-order valence-corrected chi connectivity index (χ2v) is 8.40. The van der Waals surface area contributed by atoms with Crippen LogP contribution in [0.5, 0.6) is 0 Å². The molecule has 1 fully saturated rings. The summed E-state index contributed by atoms with van der Waals surface area (Å²) in [5, 5.41) is 0.469. The van der Waals surface area contributed by atoms with Crippen LogP contribution >= 0.6 is 23.2 Å². The molecule has 0 radical (unpaired) electrons. The van der Waals surface area contributed by atoms with E-state index in [4.69, 9.17) is 23.2 Å². The molecule has 0 bridgehead atoms. The number of hydrogen-bond acceptors (Lipinski definition) is 3. The first kappa shape index (κ1) is 18.4. The fourth-order valence-corrected chi connectivity index (χ4v) is 4.88. The summed E-state index contributed by atoms with van der Waals surface area (Å²) in [5.41, 5.74) is 0.254. The third kappa shape index (κ3) is 3.89. The van der Waals surface area contributed by atoms with E-state index >= 15 is 0 Å². The van der Waals surface area contributed by atoms with E-state index in [-0.39, 0.29) is 46.8 Å². The molecule has 0 amide bonds. The van der Waals surface area contributed by atoms with Gasteiger partial charge in [0.25, 0.3) is 0 Å². The molecular weight excluding hydrogens is 393 g/mol. The maximum absolute atomic E-state index is 13.9. The van der Waals surface area contributed by atoms with Crippen molar-refractivity contribution in [1.82, 2.24) is 4.31 Å². The van der Waals surface area contributed by atoms with E-state index in [1.54, 1.807) is 4.90 Å². The number of sulfonamides is 1. The van der Waals surface area contributed by atoms with Crippen molar-refractivity contribution in [2.75, 3.05) is 31.1 Å². The lowest BCUT2D eigenvalue weighted by atomic mass is 10.2. The fraction of sp³-hybridized carbons (Fsp3) is 0.250. The minimum Gasteiger partial charge on any atom is -0.367 e. The summed E-state index contributed by atoms with van der Waals surface area (Å²) in [4.78, 5) is 1.71. The van der Waals surface area contributed by atoms with Crippen LogP contribution in [0.3, 0.4) is 0 Å². The molecule has 134 valence electrons. The van der Waals surface area contributed by atoms with Crippen LogP contribution in [0.2, 0.25) is 10.0 Å². The van der Waals surface area contributed by atoms with Gasteiger partial charge in [-0.2, -0.15) is 4.31 Å². The molecular formula is C16H14Cl2F2N2O2S. The first-order valence-corrected chi connectivity index (χ1v) is 9.63. The van der Waals surface area contributed by atoms with Gasteiger partial charge < -0.3 is 4.90 Å². The van der Waals surface area contributed by atoms with Gasteiger partial charge in [-0.3, -0.25) is 0 Å². The fourth-order valence-electron chi connectivity index (χ4n) is 2.73. The minimum absolute atomic E-state index is 0.0198. The standard InChI is InChI=1S/C16H14Cl2F2N2O2S/c17-11-7-12(18)9-14(8-11)25(23,24)22-5-3-21(4-6-22)16-2-1-13(19)10-15(16)20/h1-2,7-10H,3-6H2. The molecule has 2 aromatic rings. The van der Waals surface area contributed by atoms with Crippen molar-refractivity contribution in [1.29, 1.82) is 0 Å². The minimum atomic E-state index is -3.75. The first-order valence-electron chi connectivity index (χ1n) is 7.43. The summed E-state index contributed by atoms with van der Waals surface area (Å²) in [7, 11) is -3.75. The van der Waals surface area contributed by atoms with Gasteiger partial charge in [0.2, 0.25) is 10.0 Å². The number of hydrogen-bond donors (Lipinski definition) is 0. The molecule has 0 aliphatic carbocycles. The Hall–Kier alpha value is -1.41. The van der Waals surface area contributed by atoms with E-state index in [0.29, 0.717) is 0 Å². The van der Waals surface area contributed by atoms with Crippen molar-refractivity contribution < 1.29 is 17.2 Å². The molecule has 1 aliphatic rings. The smallest absolute Gasteiger partial charge is 0.243 e. The summed E-state index contributed by atoms with van der Waals surface area (Å²) in [6.07, 6.45) is 0. The second kappa shape index (κ2) is 7.07. The predicted octanol–water partition coefficient (Wildman–Crippen LogP) is 3.78. The van der Waals surface area contributed by atoms with E-state index in [1.807, 2.05) is 0 Å². The number of nitrogens with zero attached hydrogens (tertiary/aromatic N) is 2. The van der Waals surface area contributed by atoms with Gasteiger partial charge in [-0.05, 0) is 30.3 Å². The normalized spacial score (nSPS) is 16.2. The Bertz CT molecular complexity index is 881. The molecule has 2 aromatic carbocycles. The quantitative estimate of drug-likeness (QED) is 0.778. The molecule has 9 heteroatoms. The Morgan fingerprint density at radius 1 is 0.880 bits per heavy atom. The maximum atomic E-state index is 13.9. The molecule has 0 saturated carbocycles.